The molecule has 1 aliphatic rings. The van der Waals surface area contributed by atoms with Crippen LogP contribution in [0.15, 0.2) is 29.4 Å². The Kier molecular flexibility index (Phi) is 5.04. The van der Waals surface area contributed by atoms with Crippen molar-refractivity contribution in [3.8, 4) is 0 Å². The maximum Gasteiger partial charge on any atom is 0.191 e. The van der Waals surface area contributed by atoms with Gasteiger partial charge < -0.3 is 20.2 Å². The fraction of sp³-hybridized carbons (Fsp3) is 0.421. The summed E-state index contributed by atoms with van der Waals surface area (Å²) in [5.41, 5.74) is 2.04. The van der Waals surface area contributed by atoms with E-state index < -0.39 is 0 Å². The summed E-state index contributed by atoms with van der Waals surface area (Å²) < 4.78 is 15.7. The lowest BCUT2D eigenvalue weighted by molar-refractivity contribution is 0.629. The maximum absolute atomic E-state index is 13.5. The second-order valence-electron chi connectivity index (χ2n) is 6.66. The Labute approximate surface area is 157 Å². The number of hydrogen-bond donors (Lipinski definition) is 3. The fourth-order valence-electron chi connectivity index (χ4n) is 3.49. The highest BCUT2D eigenvalue weighted by Gasteiger charge is 2.16. The van der Waals surface area contributed by atoms with E-state index in [1.165, 1.54) is 6.07 Å². The Hall–Kier alpha value is -2.90. The fourth-order valence-corrected chi connectivity index (χ4v) is 3.49. The molecule has 3 N–H and O–H groups in total. The number of nitrogens with zero attached hydrogens (tertiary/aromatic N) is 4. The highest BCUT2D eigenvalue weighted by molar-refractivity contribution is 5.83. The molecule has 0 unspecified atom stereocenters. The largest absolute Gasteiger partial charge is 0.361 e. The third kappa shape index (κ3) is 3.79. The van der Waals surface area contributed by atoms with E-state index in [1.807, 2.05) is 13.1 Å². The van der Waals surface area contributed by atoms with Crippen molar-refractivity contribution in [2.24, 2.45) is 4.99 Å². The summed E-state index contributed by atoms with van der Waals surface area (Å²) in [6.07, 6.45) is 4.84. The molecule has 0 aliphatic carbocycles. The summed E-state index contributed by atoms with van der Waals surface area (Å²) in [6.45, 7) is 5.00. The van der Waals surface area contributed by atoms with Crippen molar-refractivity contribution in [2.45, 2.75) is 39.3 Å². The minimum Gasteiger partial charge on any atom is -0.361 e. The van der Waals surface area contributed by atoms with Gasteiger partial charge in [-0.1, -0.05) is 0 Å². The van der Waals surface area contributed by atoms with E-state index in [0.717, 1.165) is 66.4 Å². The lowest BCUT2D eigenvalue weighted by Crippen LogP contribution is -2.38. The van der Waals surface area contributed by atoms with E-state index in [2.05, 4.69) is 35.4 Å². The van der Waals surface area contributed by atoms with Crippen molar-refractivity contribution in [3.63, 3.8) is 0 Å². The summed E-state index contributed by atoms with van der Waals surface area (Å²) in [5.74, 6) is 2.50. The van der Waals surface area contributed by atoms with E-state index in [4.69, 9.17) is 0 Å². The first kappa shape index (κ1) is 17.5. The molecule has 0 spiro atoms. The zero-order valence-electron chi connectivity index (χ0n) is 15.4. The van der Waals surface area contributed by atoms with Gasteiger partial charge in [0.1, 0.15) is 18.2 Å². The molecule has 7 nitrogen and oxygen atoms in total. The lowest BCUT2D eigenvalue weighted by Gasteiger charge is -2.11. The third-order valence-corrected chi connectivity index (χ3v) is 4.83. The highest BCUT2D eigenvalue weighted by atomic mass is 19.1. The summed E-state index contributed by atoms with van der Waals surface area (Å²) >= 11 is 0. The number of H-pyrrole nitrogens is 1. The van der Waals surface area contributed by atoms with Gasteiger partial charge in [0.15, 0.2) is 11.8 Å². The van der Waals surface area contributed by atoms with Crippen LogP contribution < -0.4 is 10.6 Å². The molecule has 8 heteroatoms. The average molecular weight is 369 g/mol. The molecule has 0 amide bonds. The first-order valence-corrected chi connectivity index (χ1v) is 9.43. The molecule has 0 radical (unpaired) electrons. The smallest absolute Gasteiger partial charge is 0.191 e. The molecule has 142 valence electrons. The first-order chi connectivity index (χ1) is 13.2. The van der Waals surface area contributed by atoms with E-state index in [0.29, 0.717) is 13.1 Å². The number of fused-ring (bicyclic) bond motifs is 2. The highest BCUT2D eigenvalue weighted by Crippen LogP contribution is 2.19. The Morgan fingerprint density at radius 3 is 3.15 bits per heavy atom. The predicted molar refractivity (Wildman–Crippen MR) is 103 cm³/mol. The second-order valence-corrected chi connectivity index (χ2v) is 6.66. The standard InChI is InChI=1S/C19H24FN7/c1-2-21-19(24-12-18-26-25-17-4-3-9-27(17)18)22-8-7-13-11-23-16-6-5-14(20)10-15(13)16/h5-6,10-11,23H,2-4,7-9,12H2,1H3,(H2,21,22,24). The summed E-state index contributed by atoms with van der Waals surface area (Å²) in [6, 6.07) is 4.81. The SMILES string of the molecule is CCNC(=NCc1nnc2n1CCC2)NCCc1c[nH]c2ccc(F)cc12. The lowest BCUT2D eigenvalue weighted by atomic mass is 10.1. The number of aryl methyl sites for hydroxylation is 1. The molecule has 0 saturated carbocycles. The van der Waals surface area contributed by atoms with Crippen LogP contribution in [0.2, 0.25) is 0 Å². The average Bonchev–Trinajstić information content (AvgIpc) is 3.36. The molecule has 1 aliphatic heterocycles. The number of guanidine groups is 1. The van der Waals surface area contributed by atoms with Crippen LogP contribution in [-0.4, -0.2) is 38.8 Å². The number of aromatic nitrogens is 4. The zero-order valence-corrected chi connectivity index (χ0v) is 15.4. The Balaban J connectivity index is 1.38. The molecule has 0 bridgehead atoms. The van der Waals surface area contributed by atoms with Gasteiger partial charge in [-0.25, -0.2) is 9.38 Å². The molecule has 27 heavy (non-hydrogen) atoms. The number of aromatic amines is 1. The zero-order chi connectivity index (χ0) is 18.6. The first-order valence-electron chi connectivity index (χ1n) is 9.43. The van der Waals surface area contributed by atoms with Crippen LogP contribution in [0.5, 0.6) is 0 Å². The second kappa shape index (κ2) is 7.77. The van der Waals surface area contributed by atoms with Crippen molar-refractivity contribution in [3.05, 3.63) is 47.4 Å². The van der Waals surface area contributed by atoms with Gasteiger partial charge >= 0.3 is 0 Å². The van der Waals surface area contributed by atoms with Crippen LogP contribution in [0.25, 0.3) is 10.9 Å². The summed E-state index contributed by atoms with van der Waals surface area (Å²) in [4.78, 5) is 7.82. The molecular formula is C19H24FN7. The van der Waals surface area contributed by atoms with Gasteiger partial charge in [-0.15, -0.1) is 10.2 Å². The van der Waals surface area contributed by atoms with Gasteiger partial charge in [0.25, 0.3) is 0 Å². The predicted octanol–water partition coefficient (Wildman–Crippen LogP) is 2.14. The number of halogens is 1. The van der Waals surface area contributed by atoms with Gasteiger partial charge in [0, 0.05) is 43.2 Å². The topological polar surface area (TPSA) is 82.9 Å². The molecule has 4 rings (SSSR count). The van der Waals surface area contributed by atoms with Crippen molar-refractivity contribution in [1.29, 1.82) is 0 Å². The van der Waals surface area contributed by atoms with Crippen LogP contribution in [0.4, 0.5) is 4.39 Å². The number of hydrogen-bond acceptors (Lipinski definition) is 3. The molecule has 3 aromatic rings. The van der Waals surface area contributed by atoms with Crippen LogP contribution >= 0.6 is 0 Å². The van der Waals surface area contributed by atoms with Gasteiger partial charge in [0.05, 0.1) is 0 Å². The molecule has 1 aromatic carbocycles. The van der Waals surface area contributed by atoms with Gasteiger partial charge in [-0.2, -0.15) is 0 Å². The summed E-state index contributed by atoms with van der Waals surface area (Å²) in [7, 11) is 0. The quantitative estimate of drug-likeness (QED) is 0.459. The van der Waals surface area contributed by atoms with Gasteiger partial charge in [-0.3, -0.25) is 0 Å². The van der Waals surface area contributed by atoms with Gasteiger partial charge in [-0.05, 0) is 43.5 Å². The van der Waals surface area contributed by atoms with Crippen LogP contribution in [0.3, 0.4) is 0 Å². The molecule has 3 heterocycles. The van der Waals surface area contributed by atoms with Gasteiger partial charge in [0.2, 0.25) is 0 Å². The number of nitrogens with one attached hydrogen (secondary N) is 3. The van der Waals surface area contributed by atoms with Crippen molar-refractivity contribution < 1.29 is 4.39 Å². The summed E-state index contributed by atoms with van der Waals surface area (Å²) in [5, 5.41) is 16.0. The molecule has 2 aromatic heterocycles. The van der Waals surface area contributed by atoms with Crippen molar-refractivity contribution in [2.75, 3.05) is 13.1 Å². The minimum atomic E-state index is -0.216. The van der Waals surface area contributed by atoms with Crippen molar-refractivity contribution >= 4 is 16.9 Å². The Morgan fingerprint density at radius 1 is 1.33 bits per heavy atom. The number of aliphatic imine (C=N–C) groups is 1. The number of benzene rings is 1. The molecule has 0 saturated heterocycles. The van der Waals surface area contributed by atoms with E-state index in [9.17, 15) is 4.39 Å². The monoisotopic (exact) mass is 369 g/mol. The maximum atomic E-state index is 13.5. The Morgan fingerprint density at radius 2 is 2.26 bits per heavy atom. The van der Waals surface area contributed by atoms with E-state index in [-0.39, 0.29) is 5.82 Å². The normalized spacial score (nSPS) is 13.9. The van der Waals surface area contributed by atoms with E-state index >= 15 is 0 Å². The molecular weight excluding hydrogens is 345 g/mol. The van der Waals surface area contributed by atoms with E-state index in [1.54, 1.807) is 12.1 Å². The molecule has 0 atom stereocenters. The number of rotatable bonds is 6. The van der Waals surface area contributed by atoms with Crippen LogP contribution in [-0.2, 0) is 25.9 Å². The van der Waals surface area contributed by atoms with Crippen LogP contribution in [0.1, 0.15) is 30.6 Å². The third-order valence-electron chi connectivity index (χ3n) is 4.83. The minimum absolute atomic E-state index is 0.216. The molecule has 0 fully saturated rings. The van der Waals surface area contributed by atoms with Crippen molar-refractivity contribution in [1.82, 2.24) is 30.4 Å². The van der Waals surface area contributed by atoms with Crippen LogP contribution in [0, 0.1) is 5.82 Å². The Bertz CT molecular complexity index is 956.